The lowest BCUT2D eigenvalue weighted by atomic mass is 9.75. The highest BCUT2D eigenvalue weighted by atomic mass is 19.1. The van der Waals surface area contributed by atoms with Gasteiger partial charge in [-0.25, -0.2) is 4.39 Å². The fourth-order valence-electron chi connectivity index (χ4n) is 4.59. The van der Waals surface area contributed by atoms with Crippen molar-refractivity contribution in [3.8, 4) is 0 Å². The number of hydrogen-bond donors (Lipinski definition) is 0. The molecule has 1 unspecified atom stereocenters. The van der Waals surface area contributed by atoms with Crippen LogP contribution in [0.3, 0.4) is 0 Å². The van der Waals surface area contributed by atoms with Crippen molar-refractivity contribution < 1.29 is 23.3 Å². The van der Waals surface area contributed by atoms with E-state index in [-0.39, 0.29) is 37.2 Å². The molecule has 0 spiro atoms. The van der Waals surface area contributed by atoms with Gasteiger partial charge in [0, 0.05) is 32.0 Å². The average Bonchev–Trinajstić information content (AvgIpc) is 3.45. The number of hydrogen-bond acceptors (Lipinski definition) is 5. The van der Waals surface area contributed by atoms with Crippen LogP contribution in [0.15, 0.2) is 41.1 Å². The van der Waals surface area contributed by atoms with Crippen molar-refractivity contribution in [2.75, 3.05) is 7.05 Å². The Bertz CT molecular complexity index is 955. The molecule has 1 aliphatic carbocycles. The maximum absolute atomic E-state index is 14.0. The molecule has 1 aromatic heterocycles. The van der Waals surface area contributed by atoms with Crippen LogP contribution in [0, 0.1) is 5.82 Å². The Morgan fingerprint density at radius 3 is 2.73 bits per heavy atom. The van der Waals surface area contributed by atoms with Crippen molar-refractivity contribution in [1.29, 1.82) is 0 Å². The molecule has 2 heterocycles. The number of nitrogens with zero attached hydrogens (tertiary/aromatic N) is 3. The van der Waals surface area contributed by atoms with Crippen LogP contribution in [0.1, 0.15) is 49.8 Å². The summed E-state index contributed by atoms with van der Waals surface area (Å²) >= 11 is 0. The molecule has 1 aromatic carbocycles. The van der Waals surface area contributed by atoms with Crippen LogP contribution in [-0.4, -0.2) is 45.8 Å². The zero-order valence-electron chi connectivity index (χ0n) is 16.8. The number of likely N-dealkylation sites (tertiary alicyclic amines) is 1. The highest BCUT2D eigenvalue weighted by Gasteiger charge is 2.55. The predicted octanol–water partition coefficient (Wildman–Crippen LogP) is 2.80. The molecule has 7 nitrogen and oxygen atoms in total. The Morgan fingerprint density at radius 2 is 2.07 bits per heavy atom. The fraction of sp³-hybridized carbons (Fsp3) is 0.455. The highest BCUT2D eigenvalue weighted by Crippen LogP contribution is 2.43. The van der Waals surface area contributed by atoms with E-state index in [4.69, 9.17) is 4.52 Å². The van der Waals surface area contributed by atoms with E-state index in [1.54, 1.807) is 19.2 Å². The number of carbonyl (C=O) groups is 3. The first kappa shape index (κ1) is 20.3. The maximum Gasteiger partial charge on any atom is 0.241 e. The van der Waals surface area contributed by atoms with Crippen LogP contribution >= 0.6 is 0 Å². The predicted molar refractivity (Wildman–Crippen MR) is 104 cm³/mol. The number of imide groups is 1. The SMILES string of the molecule is CN(Cc1ccon1)C(=O)CC1(c2cccc(F)c2)CC(=O)N(C2CCCC2)C1=O. The van der Waals surface area contributed by atoms with E-state index < -0.39 is 17.1 Å². The van der Waals surface area contributed by atoms with E-state index in [0.29, 0.717) is 11.3 Å². The molecule has 3 amide bonds. The van der Waals surface area contributed by atoms with Crippen LogP contribution in [0.25, 0.3) is 0 Å². The van der Waals surface area contributed by atoms with Crippen molar-refractivity contribution in [2.24, 2.45) is 0 Å². The average molecular weight is 413 g/mol. The second kappa shape index (κ2) is 8.01. The summed E-state index contributed by atoms with van der Waals surface area (Å²) in [6, 6.07) is 7.19. The first-order valence-corrected chi connectivity index (χ1v) is 10.2. The normalized spacial score (nSPS) is 22.1. The summed E-state index contributed by atoms with van der Waals surface area (Å²) in [7, 11) is 1.60. The second-order valence-electron chi connectivity index (χ2n) is 8.19. The van der Waals surface area contributed by atoms with E-state index >= 15 is 0 Å². The standard InChI is InChI=1S/C22H24FN3O4/c1-25(14-17-9-10-30-24-17)19(27)12-22(15-5-4-6-16(23)11-15)13-20(28)26(21(22)29)18-7-2-3-8-18/h4-6,9-11,18H,2-3,7-8,12-14H2,1H3. The first-order chi connectivity index (χ1) is 14.4. The molecule has 0 N–H and O–H groups in total. The number of rotatable bonds is 6. The zero-order chi connectivity index (χ0) is 21.3. The van der Waals surface area contributed by atoms with Crippen molar-refractivity contribution in [3.05, 3.63) is 53.7 Å². The molecule has 2 aliphatic rings. The minimum absolute atomic E-state index is 0.130. The van der Waals surface area contributed by atoms with Gasteiger partial charge >= 0.3 is 0 Å². The molecule has 2 aromatic rings. The summed E-state index contributed by atoms with van der Waals surface area (Å²) in [4.78, 5) is 42.3. The van der Waals surface area contributed by atoms with E-state index in [1.165, 1.54) is 34.3 Å². The third-order valence-electron chi connectivity index (χ3n) is 6.19. The Kier molecular flexibility index (Phi) is 5.40. The second-order valence-corrected chi connectivity index (χ2v) is 8.19. The third-order valence-corrected chi connectivity index (χ3v) is 6.19. The molecule has 4 rings (SSSR count). The minimum atomic E-state index is -1.39. The molecule has 0 bridgehead atoms. The molecule has 158 valence electrons. The number of benzene rings is 1. The lowest BCUT2D eigenvalue weighted by molar-refractivity contribution is -0.144. The molecule has 1 saturated heterocycles. The van der Waals surface area contributed by atoms with Gasteiger partial charge < -0.3 is 9.42 Å². The quantitative estimate of drug-likeness (QED) is 0.680. The van der Waals surface area contributed by atoms with Gasteiger partial charge in [-0.05, 0) is 30.5 Å². The summed E-state index contributed by atoms with van der Waals surface area (Å²) in [5.74, 6) is -1.51. The Labute approximate surface area is 173 Å². The van der Waals surface area contributed by atoms with Gasteiger partial charge in [-0.1, -0.05) is 30.1 Å². The summed E-state index contributed by atoms with van der Waals surface area (Å²) < 4.78 is 18.8. The number of carbonyl (C=O) groups excluding carboxylic acids is 3. The van der Waals surface area contributed by atoms with E-state index in [9.17, 15) is 18.8 Å². The lowest BCUT2D eigenvalue weighted by Crippen LogP contribution is -2.45. The summed E-state index contributed by atoms with van der Waals surface area (Å²) in [6.45, 7) is 0.211. The fourth-order valence-corrected chi connectivity index (χ4v) is 4.59. The lowest BCUT2D eigenvalue weighted by Gasteiger charge is -2.30. The van der Waals surface area contributed by atoms with E-state index in [0.717, 1.165) is 25.7 Å². The van der Waals surface area contributed by atoms with Crippen molar-refractivity contribution in [2.45, 2.75) is 56.5 Å². The van der Waals surface area contributed by atoms with Gasteiger partial charge in [-0.2, -0.15) is 0 Å². The van der Waals surface area contributed by atoms with Gasteiger partial charge in [0.05, 0.1) is 12.0 Å². The minimum Gasteiger partial charge on any atom is -0.364 e. The number of amides is 3. The van der Waals surface area contributed by atoms with E-state index in [1.807, 2.05) is 0 Å². The molecule has 30 heavy (non-hydrogen) atoms. The number of halogens is 1. The molecule has 8 heteroatoms. The van der Waals surface area contributed by atoms with Crippen LogP contribution < -0.4 is 0 Å². The molecule has 1 saturated carbocycles. The Morgan fingerprint density at radius 1 is 1.30 bits per heavy atom. The summed E-state index contributed by atoms with van der Waals surface area (Å²) in [6.07, 6.45) is 4.56. The van der Waals surface area contributed by atoms with Crippen LogP contribution in [-0.2, 0) is 26.3 Å². The van der Waals surface area contributed by atoms with Gasteiger partial charge in [0.25, 0.3) is 0 Å². The maximum atomic E-state index is 14.0. The van der Waals surface area contributed by atoms with Gasteiger partial charge in [0.2, 0.25) is 17.7 Å². The summed E-state index contributed by atoms with van der Waals surface area (Å²) in [5, 5.41) is 3.80. The number of aromatic nitrogens is 1. The van der Waals surface area contributed by atoms with Gasteiger partial charge in [0.1, 0.15) is 17.8 Å². The zero-order valence-corrected chi connectivity index (χ0v) is 16.8. The topological polar surface area (TPSA) is 83.7 Å². The molecular formula is C22H24FN3O4. The van der Waals surface area contributed by atoms with Crippen LogP contribution in [0.5, 0.6) is 0 Å². The monoisotopic (exact) mass is 413 g/mol. The van der Waals surface area contributed by atoms with Gasteiger partial charge in [-0.15, -0.1) is 0 Å². The Hall–Kier alpha value is -3.03. The van der Waals surface area contributed by atoms with Crippen molar-refractivity contribution in [3.63, 3.8) is 0 Å². The molecular weight excluding hydrogens is 389 g/mol. The molecule has 1 atom stereocenters. The van der Waals surface area contributed by atoms with Crippen molar-refractivity contribution >= 4 is 17.7 Å². The highest BCUT2D eigenvalue weighted by molar-refractivity contribution is 6.11. The molecule has 2 fully saturated rings. The Balaban J connectivity index is 1.65. The molecule has 0 radical (unpaired) electrons. The first-order valence-electron chi connectivity index (χ1n) is 10.2. The smallest absolute Gasteiger partial charge is 0.241 e. The summed E-state index contributed by atoms with van der Waals surface area (Å²) in [5.41, 5.74) is -0.451. The third kappa shape index (κ3) is 3.62. The van der Waals surface area contributed by atoms with E-state index in [2.05, 4.69) is 5.16 Å². The van der Waals surface area contributed by atoms with Gasteiger partial charge in [0.15, 0.2) is 0 Å². The largest absolute Gasteiger partial charge is 0.364 e. The van der Waals surface area contributed by atoms with Crippen molar-refractivity contribution in [1.82, 2.24) is 15.0 Å². The molecule has 1 aliphatic heterocycles. The van der Waals surface area contributed by atoms with Crippen LogP contribution in [0.4, 0.5) is 4.39 Å². The van der Waals surface area contributed by atoms with Crippen LogP contribution in [0.2, 0.25) is 0 Å². The van der Waals surface area contributed by atoms with Gasteiger partial charge in [-0.3, -0.25) is 19.3 Å².